The normalized spacial score (nSPS) is 12.1. The summed E-state index contributed by atoms with van der Waals surface area (Å²) in [5.74, 6) is 0.685. The molecule has 1 aromatic carbocycles. The van der Waals surface area contributed by atoms with E-state index in [9.17, 15) is 4.79 Å². The van der Waals surface area contributed by atoms with E-state index in [1.54, 1.807) is 13.4 Å². The van der Waals surface area contributed by atoms with Crippen LogP contribution in [0.1, 0.15) is 12.5 Å². The highest BCUT2D eigenvalue weighted by Crippen LogP contribution is 2.26. The molecule has 2 heterocycles. The molecule has 3 rings (SSSR count). The smallest absolute Gasteiger partial charge is 0.233 e. The van der Waals surface area contributed by atoms with Gasteiger partial charge in [0, 0.05) is 12.1 Å². The molecule has 2 N–H and O–H groups in total. The number of nitrogens with one attached hydrogen (secondary N) is 2. The average Bonchev–Trinajstić information content (AvgIpc) is 3.09. The number of benzene rings is 1. The molecule has 0 radical (unpaired) electrons. The topological polar surface area (TPSA) is 92.8 Å². The van der Waals surface area contributed by atoms with Crippen molar-refractivity contribution in [2.24, 2.45) is 0 Å². The standard InChI is InChI=1S/C16H17N5O2S/c1-10(24-16-13-14(19-8-18-13)20-9-21-16)15(22)17-7-11-5-3-4-6-12(11)23-2/h3-6,8-10H,7H2,1-2H3,(H,17,22)(H,18,19,20,21)/t10-/m1/s1. The number of thioether (sulfide) groups is 1. The summed E-state index contributed by atoms with van der Waals surface area (Å²) in [6, 6.07) is 7.61. The van der Waals surface area contributed by atoms with Gasteiger partial charge in [0.1, 0.15) is 22.6 Å². The van der Waals surface area contributed by atoms with Crippen molar-refractivity contribution < 1.29 is 9.53 Å². The second-order valence-electron chi connectivity index (χ2n) is 5.07. The van der Waals surface area contributed by atoms with Crippen molar-refractivity contribution in [1.29, 1.82) is 0 Å². The van der Waals surface area contributed by atoms with Crippen LogP contribution in [0.2, 0.25) is 0 Å². The van der Waals surface area contributed by atoms with Gasteiger partial charge in [-0.3, -0.25) is 4.79 Å². The molecule has 2 aromatic heterocycles. The number of para-hydroxylation sites is 1. The van der Waals surface area contributed by atoms with Crippen molar-refractivity contribution >= 4 is 28.8 Å². The molecule has 0 unspecified atom stereocenters. The molecule has 24 heavy (non-hydrogen) atoms. The molecule has 0 bridgehead atoms. The highest BCUT2D eigenvalue weighted by atomic mass is 32.2. The van der Waals surface area contributed by atoms with Crippen LogP contribution in [-0.2, 0) is 11.3 Å². The molecule has 0 saturated heterocycles. The third-order valence-corrected chi connectivity index (χ3v) is 4.59. The van der Waals surface area contributed by atoms with E-state index in [-0.39, 0.29) is 11.2 Å². The highest BCUT2D eigenvalue weighted by Gasteiger charge is 2.18. The Morgan fingerprint density at radius 1 is 1.33 bits per heavy atom. The van der Waals surface area contributed by atoms with Gasteiger partial charge >= 0.3 is 0 Å². The second kappa shape index (κ2) is 7.31. The maximum Gasteiger partial charge on any atom is 0.233 e. The lowest BCUT2D eigenvalue weighted by Gasteiger charge is -2.13. The van der Waals surface area contributed by atoms with Crippen LogP contribution >= 0.6 is 11.8 Å². The van der Waals surface area contributed by atoms with Gasteiger partial charge in [0.25, 0.3) is 0 Å². The number of amides is 1. The number of nitrogens with zero attached hydrogens (tertiary/aromatic N) is 3. The maximum absolute atomic E-state index is 12.4. The van der Waals surface area contributed by atoms with Gasteiger partial charge in [0.15, 0.2) is 5.65 Å². The number of H-pyrrole nitrogens is 1. The Balaban J connectivity index is 1.64. The molecule has 3 aromatic rings. The lowest BCUT2D eigenvalue weighted by Crippen LogP contribution is -2.30. The predicted octanol–water partition coefficient (Wildman–Crippen LogP) is 2.16. The van der Waals surface area contributed by atoms with Crippen molar-refractivity contribution in [1.82, 2.24) is 25.3 Å². The van der Waals surface area contributed by atoms with Gasteiger partial charge < -0.3 is 15.0 Å². The number of methoxy groups -OCH3 is 1. The Labute approximate surface area is 143 Å². The van der Waals surface area contributed by atoms with E-state index in [0.29, 0.717) is 17.2 Å². The quantitative estimate of drug-likeness (QED) is 0.526. The van der Waals surface area contributed by atoms with Gasteiger partial charge in [-0.1, -0.05) is 30.0 Å². The van der Waals surface area contributed by atoms with E-state index < -0.39 is 0 Å². The van der Waals surface area contributed by atoms with E-state index in [1.165, 1.54) is 18.1 Å². The number of carbonyl (C=O) groups excluding carboxylic acids is 1. The summed E-state index contributed by atoms with van der Waals surface area (Å²) in [7, 11) is 1.61. The van der Waals surface area contributed by atoms with Crippen LogP contribution in [0.3, 0.4) is 0 Å². The SMILES string of the molecule is COc1ccccc1CNC(=O)[C@@H](C)Sc1ncnc2nc[nH]c12. The minimum absolute atomic E-state index is 0.0721. The second-order valence-corrected chi connectivity index (χ2v) is 6.40. The number of fused-ring (bicyclic) bond motifs is 1. The van der Waals surface area contributed by atoms with Gasteiger partial charge in [-0.15, -0.1) is 0 Å². The fraction of sp³-hybridized carbons (Fsp3) is 0.250. The zero-order valence-electron chi connectivity index (χ0n) is 13.3. The fourth-order valence-corrected chi connectivity index (χ4v) is 3.13. The lowest BCUT2D eigenvalue weighted by atomic mass is 10.2. The minimum Gasteiger partial charge on any atom is -0.496 e. The van der Waals surface area contributed by atoms with E-state index in [2.05, 4.69) is 25.3 Å². The number of ether oxygens (including phenoxy) is 1. The van der Waals surface area contributed by atoms with Crippen molar-refractivity contribution in [3.63, 3.8) is 0 Å². The first-order valence-corrected chi connectivity index (χ1v) is 8.27. The molecule has 7 nitrogen and oxygen atoms in total. The molecular formula is C16H17N5O2S. The van der Waals surface area contributed by atoms with Crippen LogP contribution in [0, 0.1) is 0 Å². The summed E-state index contributed by atoms with van der Waals surface area (Å²) >= 11 is 1.37. The van der Waals surface area contributed by atoms with Crippen molar-refractivity contribution in [3.8, 4) is 5.75 Å². The first kappa shape index (κ1) is 16.3. The molecule has 0 fully saturated rings. The van der Waals surface area contributed by atoms with Gasteiger partial charge in [-0.25, -0.2) is 15.0 Å². The number of rotatable bonds is 6. The van der Waals surface area contributed by atoms with Gasteiger partial charge in [0.2, 0.25) is 5.91 Å². The number of imidazole rings is 1. The lowest BCUT2D eigenvalue weighted by molar-refractivity contribution is -0.120. The third-order valence-electron chi connectivity index (χ3n) is 3.49. The van der Waals surface area contributed by atoms with Crippen LogP contribution in [-0.4, -0.2) is 38.2 Å². The Kier molecular flexibility index (Phi) is 4.95. The minimum atomic E-state index is -0.305. The van der Waals surface area contributed by atoms with E-state index >= 15 is 0 Å². The van der Waals surface area contributed by atoms with E-state index in [0.717, 1.165) is 16.8 Å². The van der Waals surface area contributed by atoms with Gasteiger partial charge in [-0.2, -0.15) is 0 Å². The Morgan fingerprint density at radius 3 is 3.00 bits per heavy atom. The van der Waals surface area contributed by atoms with Crippen LogP contribution in [0.15, 0.2) is 41.9 Å². The molecule has 1 amide bonds. The fourth-order valence-electron chi connectivity index (χ4n) is 2.23. The molecule has 8 heteroatoms. The third kappa shape index (κ3) is 3.48. The summed E-state index contributed by atoms with van der Waals surface area (Å²) in [6.07, 6.45) is 3.01. The molecular weight excluding hydrogens is 326 g/mol. The van der Waals surface area contributed by atoms with Crippen LogP contribution in [0.25, 0.3) is 11.2 Å². The number of aromatic nitrogens is 4. The first-order valence-electron chi connectivity index (χ1n) is 7.39. The summed E-state index contributed by atoms with van der Waals surface area (Å²) in [5.41, 5.74) is 2.27. The molecule has 124 valence electrons. The molecule has 0 aliphatic carbocycles. The van der Waals surface area contributed by atoms with Crippen LogP contribution in [0.5, 0.6) is 5.75 Å². The molecule has 0 saturated carbocycles. The number of hydrogen-bond acceptors (Lipinski definition) is 6. The Hall–Kier alpha value is -2.61. The largest absolute Gasteiger partial charge is 0.496 e. The summed E-state index contributed by atoms with van der Waals surface area (Å²) in [4.78, 5) is 27.7. The average molecular weight is 343 g/mol. The summed E-state index contributed by atoms with van der Waals surface area (Å²) in [6.45, 7) is 2.25. The monoisotopic (exact) mass is 343 g/mol. The zero-order chi connectivity index (χ0) is 16.9. The summed E-state index contributed by atoms with van der Waals surface area (Å²) in [5, 5.41) is 3.33. The maximum atomic E-state index is 12.4. The number of carbonyl (C=O) groups is 1. The molecule has 1 atom stereocenters. The Morgan fingerprint density at radius 2 is 2.17 bits per heavy atom. The van der Waals surface area contributed by atoms with Crippen LogP contribution in [0.4, 0.5) is 0 Å². The number of aromatic amines is 1. The van der Waals surface area contributed by atoms with E-state index in [4.69, 9.17) is 4.74 Å². The van der Waals surface area contributed by atoms with Crippen molar-refractivity contribution in [3.05, 3.63) is 42.5 Å². The molecule has 0 spiro atoms. The van der Waals surface area contributed by atoms with E-state index in [1.807, 2.05) is 31.2 Å². The van der Waals surface area contributed by atoms with Gasteiger partial charge in [0.05, 0.1) is 18.7 Å². The summed E-state index contributed by atoms with van der Waals surface area (Å²) < 4.78 is 5.29. The zero-order valence-corrected chi connectivity index (χ0v) is 14.1. The van der Waals surface area contributed by atoms with Gasteiger partial charge in [-0.05, 0) is 13.0 Å². The highest BCUT2D eigenvalue weighted by molar-refractivity contribution is 8.00. The predicted molar refractivity (Wildman–Crippen MR) is 91.8 cm³/mol. The number of hydrogen-bond donors (Lipinski definition) is 2. The van der Waals surface area contributed by atoms with Crippen molar-refractivity contribution in [2.75, 3.05) is 7.11 Å². The molecule has 0 aliphatic heterocycles. The van der Waals surface area contributed by atoms with Crippen molar-refractivity contribution in [2.45, 2.75) is 23.7 Å². The first-order chi connectivity index (χ1) is 11.7. The molecule has 0 aliphatic rings. The van der Waals surface area contributed by atoms with Crippen LogP contribution < -0.4 is 10.1 Å². The Bertz CT molecular complexity index is 851.